The average Bonchev–Trinajstić information content (AvgIpc) is 2.13. The lowest BCUT2D eigenvalue weighted by Crippen LogP contribution is -2.20. The van der Waals surface area contributed by atoms with Gasteiger partial charge in [-0.2, -0.15) is 13.2 Å². The molecule has 0 heterocycles. The Hall–Kier alpha value is -1.40. The van der Waals surface area contributed by atoms with E-state index in [0.717, 1.165) is 0 Å². The monoisotopic (exact) mass is 272 g/mol. The fourth-order valence-electron chi connectivity index (χ4n) is 1.34. The predicted octanol–water partition coefficient (Wildman–Crippen LogP) is 4.73. The summed E-state index contributed by atoms with van der Waals surface area (Å²) in [4.78, 5) is 0. The van der Waals surface area contributed by atoms with Crippen molar-refractivity contribution >= 4 is 0 Å². The molecule has 0 fully saturated rings. The average molecular weight is 272 g/mol. The minimum absolute atomic E-state index is 0.231. The zero-order valence-corrected chi connectivity index (χ0v) is 9.49. The van der Waals surface area contributed by atoms with Gasteiger partial charge in [-0.1, -0.05) is 19.9 Å². The highest BCUT2D eigenvalue weighted by Gasteiger charge is 2.39. The molecule has 0 unspecified atom stereocenters. The maximum Gasteiger partial charge on any atom is 0.573 e. The van der Waals surface area contributed by atoms with Gasteiger partial charge in [0.15, 0.2) is 0 Å². The van der Waals surface area contributed by atoms with E-state index in [2.05, 4.69) is 4.74 Å². The fraction of sp³-hybridized carbons (Fsp3) is 0.455. The van der Waals surface area contributed by atoms with Gasteiger partial charge in [-0.3, -0.25) is 0 Å². The van der Waals surface area contributed by atoms with E-state index in [-0.39, 0.29) is 11.5 Å². The Bertz CT molecular complexity index is 419. The predicted molar refractivity (Wildman–Crippen MR) is 52.2 cm³/mol. The fourth-order valence-corrected chi connectivity index (χ4v) is 1.34. The van der Waals surface area contributed by atoms with Crippen molar-refractivity contribution in [1.82, 2.24) is 0 Å². The summed E-state index contributed by atoms with van der Waals surface area (Å²) in [5, 5.41) is 0. The van der Waals surface area contributed by atoms with Gasteiger partial charge in [0, 0.05) is 0 Å². The molecule has 0 saturated carbocycles. The summed E-state index contributed by atoms with van der Waals surface area (Å²) in [6, 6.07) is 2.54. The molecule has 0 bridgehead atoms. The minimum atomic E-state index is -5.15. The molecule has 18 heavy (non-hydrogen) atoms. The second-order valence-electron chi connectivity index (χ2n) is 3.96. The van der Waals surface area contributed by atoms with Crippen LogP contribution in [-0.2, 0) is 6.18 Å². The van der Waals surface area contributed by atoms with E-state index in [4.69, 9.17) is 0 Å². The third-order valence-electron chi connectivity index (χ3n) is 2.20. The van der Waals surface area contributed by atoms with Crippen LogP contribution < -0.4 is 4.74 Å². The van der Waals surface area contributed by atoms with E-state index in [1.54, 1.807) is 13.8 Å². The van der Waals surface area contributed by atoms with Gasteiger partial charge in [0.2, 0.25) is 0 Å². The van der Waals surface area contributed by atoms with Crippen molar-refractivity contribution in [3.05, 3.63) is 29.3 Å². The maximum absolute atomic E-state index is 12.6. The van der Waals surface area contributed by atoms with Gasteiger partial charge >= 0.3 is 12.5 Å². The molecule has 0 aliphatic heterocycles. The SMILES string of the molecule is CC(C)c1ccc(OC(F)(F)F)c(C(F)(F)F)c1. The van der Waals surface area contributed by atoms with E-state index in [1.807, 2.05) is 0 Å². The molecular weight excluding hydrogens is 262 g/mol. The van der Waals surface area contributed by atoms with Crippen molar-refractivity contribution in [2.45, 2.75) is 32.3 Å². The Morgan fingerprint density at radius 1 is 1.00 bits per heavy atom. The molecular formula is C11H10F6O. The topological polar surface area (TPSA) is 9.23 Å². The van der Waals surface area contributed by atoms with Gasteiger partial charge in [-0.25, -0.2) is 0 Å². The molecule has 1 aromatic carbocycles. The smallest absolute Gasteiger partial charge is 0.405 e. The van der Waals surface area contributed by atoms with Gasteiger partial charge in [0.25, 0.3) is 0 Å². The number of benzene rings is 1. The summed E-state index contributed by atoms with van der Waals surface area (Å²) in [6.07, 6.45) is -10.1. The summed E-state index contributed by atoms with van der Waals surface area (Å²) >= 11 is 0. The van der Waals surface area contributed by atoms with Crippen molar-refractivity contribution in [2.75, 3.05) is 0 Å². The Morgan fingerprint density at radius 3 is 1.94 bits per heavy atom. The number of rotatable bonds is 2. The highest BCUT2D eigenvalue weighted by atomic mass is 19.4. The molecule has 0 radical (unpaired) electrons. The normalized spacial score (nSPS) is 12.9. The van der Waals surface area contributed by atoms with Gasteiger partial charge in [0.05, 0.1) is 5.56 Å². The van der Waals surface area contributed by atoms with Crippen LogP contribution >= 0.6 is 0 Å². The Labute approximate surface area is 99.4 Å². The number of alkyl halides is 6. The van der Waals surface area contributed by atoms with Crippen LogP contribution in [0.5, 0.6) is 5.75 Å². The van der Waals surface area contributed by atoms with Crippen molar-refractivity contribution in [3.63, 3.8) is 0 Å². The maximum atomic E-state index is 12.6. The van der Waals surface area contributed by atoms with E-state index in [1.165, 1.54) is 6.07 Å². The standard InChI is InChI=1S/C11H10F6O/c1-6(2)7-3-4-9(18-11(15,16)17)8(5-7)10(12,13)14/h3-6H,1-2H3. The molecule has 0 aliphatic rings. The molecule has 0 spiro atoms. The molecule has 1 aromatic rings. The molecule has 102 valence electrons. The molecule has 0 saturated heterocycles. The summed E-state index contributed by atoms with van der Waals surface area (Å²) in [5.41, 5.74) is -1.14. The van der Waals surface area contributed by atoms with Gasteiger partial charge in [0.1, 0.15) is 5.75 Å². The third kappa shape index (κ3) is 3.82. The number of hydrogen-bond acceptors (Lipinski definition) is 1. The first-order valence-corrected chi connectivity index (χ1v) is 4.97. The van der Waals surface area contributed by atoms with Crippen molar-refractivity contribution in [1.29, 1.82) is 0 Å². The van der Waals surface area contributed by atoms with Crippen molar-refractivity contribution < 1.29 is 31.1 Å². The number of hydrogen-bond donors (Lipinski definition) is 0. The molecule has 1 rings (SSSR count). The first-order valence-electron chi connectivity index (χ1n) is 4.97. The van der Waals surface area contributed by atoms with Crippen molar-refractivity contribution in [2.24, 2.45) is 0 Å². The first-order chi connectivity index (χ1) is 8.00. The molecule has 7 heteroatoms. The summed E-state index contributed by atoms with van der Waals surface area (Å²) in [7, 11) is 0. The summed E-state index contributed by atoms with van der Waals surface area (Å²) in [6.45, 7) is 3.28. The molecule has 0 amide bonds. The molecule has 0 atom stereocenters. The lowest BCUT2D eigenvalue weighted by molar-refractivity contribution is -0.276. The first kappa shape index (κ1) is 14.7. The Kier molecular flexibility index (Phi) is 3.83. The van der Waals surface area contributed by atoms with Gasteiger partial charge < -0.3 is 4.74 Å². The van der Waals surface area contributed by atoms with Gasteiger partial charge in [-0.05, 0) is 23.6 Å². The second-order valence-corrected chi connectivity index (χ2v) is 3.96. The highest BCUT2D eigenvalue weighted by molar-refractivity contribution is 5.40. The molecule has 0 aliphatic carbocycles. The van der Waals surface area contributed by atoms with Crippen LogP contribution in [0.15, 0.2) is 18.2 Å². The van der Waals surface area contributed by atoms with Crippen molar-refractivity contribution in [3.8, 4) is 5.75 Å². The summed E-state index contributed by atoms with van der Waals surface area (Å²) < 4.78 is 77.2. The molecule has 0 N–H and O–H groups in total. The third-order valence-corrected chi connectivity index (χ3v) is 2.20. The number of halogens is 6. The van der Waals surface area contributed by atoms with Crippen LogP contribution in [0.2, 0.25) is 0 Å². The zero-order valence-electron chi connectivity index (χ0n) is 9.49. The largest absolute Gasteiger partial charge is 0.573 e. The minimum Gasteiger partial charge on any atom is -0.405 e. The molecule has 0 aromatic heterocycles. The lowest BCUT2D eigenvalue weighted by atomic mass is 10.00. The van der Waals surface area contributed by atoms with Gasteiger partial charge in [-0.15, -0.1) is 13.2 Å². The van der Waals surface area contributed by atoms with Crippen LogP contribution in [0.3, 0.4) is 0 Å². The Morgan fingerprint density at radius 2 is 1.56 bits per heavy atom. The summed E-state index contributed by atoms with van der Waals surface area (Å²) in [5.74, 6) is -1.47. The quantitative estimate of drug-likeness (QED) is 0.707. The van der Waals surface area contributed by atoms with E-state index < -0.39 is 23.9 Å². The van der Waals surface area contributed by atoms with E-state index >= 15 is 0 Å². The van der Waals surface area contributed by atoms with Crippen LogP contribution in [0.25, 0.3) is 0 Å². The zero-order chi connectivity index (χ0) is 14.1. The Balaban J connectivity index is 3.26. The number of ether oxygens (including phenoxy) is 1. The highest BCUT2D eigenvalue weighted by Crippen LogP contribution is 2.39. The second kappa shape index (κ2) is 4.70. The van der Waals surface area contributed by atoms with Crippen LogP contribution in [0.4, 0.5) is 26.3 Å². The van der Waals surface area contributed by atoms with E-state index in [0.29, 0.717) is 12.1 Å². The van der Waals surface area contributed by atoms with Crippen LogP contribution in [-0.4, -0.2) is 6.36 Å². The molecule has 1 nitrogen and oxygen atoms in total. The lowest BCUT2D eigenvalue weighted by Gasteiger charge is -2.17. The van der Waals surface area contributed by atoms with E-state index in [9.17, 15) is 26.3 Å². The van der Waals surface area contributed by atoms with Crippen LogP contribution in [0, 0.1) is 0 Å². The van der Waals surface area contributed by atoms with Crippen LogP contribution in [0.1, 0.15) is 30.9 Å².